The molecule has 0 aromatic heterocycles. The van der Waals surface area contributed by atoms with E-state index in [4.69, 9.17) is 9.84 Å². The first kappa shape index (κ1) is 18.1. The van der Waals surface area contributed by atoms with E-state index in [0.717, 1.165) is 17.7 Å². The minimum atomic E-state index is -0.845. The number of carboxylic acids is 1. The van der Waals surface area contributed by atoms with E-state index in [0.29, 0.717) is 18.9 Å². The van der Waals surface area contributed by atoms with E-state index in [2.05, 4.69) is 12.2 Å². The van der Waals surface area contributed by atoms with E-state index in [1.807, 2.05) is 24.3 Å². The van der Waals surface area contributed by atoms with Crippen LogP contribution in [-0.4, -0.2) is 41.6 Å². The molecule has 2 N–H and O–H groups in total. The summed E-state index contributed by atoms with van der Waals surface area (Å²) in [7, 11) is 0. The first-order chi connectivity index (χ1) is 10.6. The van der Waals surface area contributed by atoms with Crippen LogP contribution >= 0.6 is 11.8 Å². The van der Waals surface area contributed by atoms with Crippen molar-refractivity contribution in [2.24, 2.45) is 0 Å². The monoisotopic (exact) mass is 323 g/mol. The number of ether oxygens (including phenoxy) is 1. The molecule has 22 heavy (non-hydrogen) atoms. The maximum atomic E-state index is 11.6. The van der Waals surface area contributed by atoms with Crippen LogP contribution in [0.2, 0.25) is 0 Å². The number of rotatable bonds is 10. The van der Waals surface area contributed by atoms with Gasteiger partial charge in [0.25, 0.3) is 0 Å². The van der Waals surface area contributed by atoms with Crippen LogP contribution in [-0.2, 0) is 9.59 Å². The molecule has 0 saturated heterocycles. The number of nitrogens with one attached hydrogen (secondary N) is 1. The van der Waals surface area contributed by atoms with E-state index in [9.17, 15) is 9.59 Å². The zero-order valence-corrected chi connectivity index (χ0v) is 13.4. The Kier molecular flexibility index (Phi) is 8.83. The second-order valence-corrected chi connectivity index (χ2v) is 5.59. The first-order valence-corrected chi connectivity index (χ1v) is 8.25. The summed E-state index contributed by atoms with van der Waals surface area (Å²) in [5.41, 5.74) is 0.916. The van der Waals surface area contributed by atoms with Crippen molar-refractivity contribution in [1.29, 1.82) is 0 Å². The second kappa shape index (κ2) is 10.7. The summed E-state index contributed by atoms with van der Waals surface area (Å²) in [5, 5.41) is 11.2. The van der Waals surface area contributed by atoms with Gasteiger partial charge in [0.1, 0.15) is 5.75 Å². The van der Waals surface area contributed by atoms with Gasteiger partial charge in [0.2, 0.25) is 5.91 Å². The maximum absolute atomic E-state index is 11.6. The van der Waals surface area contributed by atoms with Crippen LogP contribution in [0.15, 0.2) is 30.3 Å². The molecule has 1 amide bonds. The number of amides is 1. The van der Waals surface area contributed by atoms with Gasteiger partial charge in [-0.3, -0.25) is 9.59 Å². The van der Waals surface area contributed by atoms with Gasteiger partial charge in [-0.2, -0.15) is 0 Å². The van der Waals surface area contributed by atoms with Crippen LogP contribution in [0.3, 0.4) is 0 Å². The molecular weight excluding hydrogens is 302 g/mol. The van der Waals surface area contributed by atoms with Gasteiger partial charge in [-0.15, -0.1) is 11.8 Å². The van der Waals surface area contributed by atoms with Crippen LogP contribution in [0, 0.1) is 0 Å². The highest BCUT2D eigenvalue weighted by Gasteiger charge is 1.98. The number of carbonyl (C=O) groups excluding carboxylic acids is 1. The molecule has 0 atom stereocenters. The zero-order valence-electron chi connectivity index (χ0n) is 12.6. The summed E-state index contributed by atoms with van der Waals surface area (Å²) in [6.45, 7) is 3.19. The standard InChI is InChI=1S/C16H21NO4S/c1-2-10-21-14-6-3-13(4-7-14)5-8-15(18)17-9-11-22-12-16(19)20/h3-8H,2,9-12H2,1H3,(H,17,18)(H,19,20)/b8-5+. The van der Waals surface area contributed by atoms with E-state index >= 15 is 0 Å². The minimum Gasteiger partial charge on any atom is -0.494 e. The normalized spacial score (nSPS) is 10.6. The van der Waals surface area contributed by atoms with Gasteiger partial charge in [0.15, 0.2) is 0 Å². The topological polar surface area (TPSA) is 75.6 Å². The van der Waals surface area contributed by atoms with Gasteiger partial charge in [-0.25, -0.2) is 0 Å². The fourth-order valence-corrected chi connectivity index (χ4v) is 2.10. The molecule has 1 aromatic carbocycles. The SMILES string of the molecule is CCCOc1ccc(/C=C/C(=O)NCCSCC(=O)O)cc1. The summed E-state index contributed by atoms with van der Waals surface area (Å²) < 4.78 is 5.48. The Morgan fingerprint density at radius 3 is 2.68 bits per heavy atom. The summed E-state index contributed by atoms with van der Waals surface area (Å²) in [4.78, 5) is 21.9. The lowest BCUT2D eigenvalue weighted by molar-refractivity contribution is -0.133. The minimum absolute atomic E-state index is 0.0537. The molecular formula is C16H21NO4S. The quantitative estimate of drug-likeness (QED) is 0.511. The van der Waals surface area contributed by atoms with Crippen molar-refractivity contribution in [3.8, 4) is 5.75 Å². The number of aliphatic carboxylic acids is 1. The van der Waals surface area contributed by atoms with Crippen LogP contribution < -0.4 is 10.1 Å². The van der Waals surface area contributed by atoms with E-state index in [1.54, 1.807) is 6.08 Å². The second-order valence-electron chi connectivity index (χ2n) is 4.49. The molecule has 6 heteroatoms. The van der Waals surface area contributed by atoms with Gasteiger partial charge >= 0.3 is 5.97 Å². The maximum Gasteiger partial charge on any atom is 0.313 e. The Labute approximate surface area is 134 Å². The van der Waals surface area contributed by atoms with E-state index in [1.165, 1.54) is 17.8 Å². The largest absolute Gasteiger partial charge is 0.494 e. The molecule has 1 aromatic rings. The van der Waals surface area contributed by atoms with Crippen molar-refractivity contribution < 1.29 is 19.4 Å². The third kappa shape index (κ3) is 8.36. The fraction of sp³-hybridized carbons (Fsp3) is 0.375. The number of carbonyl (C=O) groups is 2. The van der Waals surface area contributed by atoms with Crippen LogP contribution in [0.25, 0.3) is 6.08 Å². The lowest BCUT2D eigenvalue weighted by atomic mass is 10.2. The average molecular weight is 323 g/mol. The average Bonchev–Trinajstić information content (AvgIpc) is 2.51. The Morgan fingerprint density at radius 1 is 1.32 bits per heavy atom. The molecule has 0 heterocycles. The summed E-state index contributed by atoms with van der Waals surface area (Å²) in [6.07, 6.45) is 4.15. The smallest absolute Gasteiger partial charge is 0.313 e. The molecule has 0 aliphatic carbocycles. The molecule has 0 radical (unpaired) electrons. The van der Waals surface area contributed by atoms with Gasteiger partial charge in [0, 0.05) is 18.4 Å². The van der Waals surface area contributed by atoms with Gasteiger partial charge < -0.3 is 15.2 Å². The van der Waals surface area contributed by atoms with Crippen molar-refractivity contribution in [1.82, 2.24) is 5.32 Å². The molecule has 0 bridgehead atoms. The van der Waals surface area contributed by atoms with Crippen molar-refractivity contribution in [3.05, 3.63) is 35.9 Å². The Balaban J connectivity index is 2.28. The number of carboxylic acid groups (broad SMARTS) is 1. The van der Waals surface area contributed by atoms with Gasteiger partial charge in [0.05, 0.1) is 12.4 Å². The molecule has 120 valence electrons. The summed E-state index contributed by atoms with van der Waals surface area (Å²) >= 11 is 1.27. The number of hydrogen-bond acceptors (Lipinski definition) is 4. The number of benzene rings is 1. The molecule has 0 aliphatic rings. The summed E-state index contributed by atoms with van der Waals surface area (Å²) in [6, 6.07) is 7.51. The third-order valence-corrected chi connectivity index (χ3v) is 3.50. The molecule has 0 fully saturated rings. The van der Waals surface area contributed by atoms with Crippen molar-refractivity contribution in [2.75, 3.05) is 24.7 Å². The highest BCUT2D eigenvalue weighted by atomic mass is 32.2. The zero-order chi connectivity index (χ0) is 16.2. The van der Waals surface area contributed by atoms with Crippen LogP contribution in [0.5, 0.6) is 5.75 Å². The highest BCUT2D eigenvalue weighted by molar-refractivity contribution is 7.99. The Hall–Kier alpha value is -1.95. The van der Waals surface area contributed by atoms with E-state index < -0.39 is 5.97 Å². The van der Waals surface area contributed by atoms with Gasteiger partial charge in [-0.1, -0.05) is 19.1 Å². The van der Waals surface area contributed by atoms with E-state index in [-0.39, 0.29) is 11.7 Å². The van der Waals surface area contributed by atoms with Gasteiger partial charge in [-0.05, 0) is 30.2 Å². The van der Waals surface area contributed by atoms with Crippen molar-refractivity contribution >= 4 is 29.7 Å². The number of hydrogen-bond donors (Lipinski definition) is 2. The molecule has 0 aliphatic heterocycles. The van der Waals surface area contributed by atoms with Crippen molar-refractivity contribution in [3.63, 3.8) is 0 Å². The lowest BCUT2D eigenvalue weighted by Gasteiger charge is -2.04. The number of thioether (sulfide) groups is 1. The fourth-order valence-electron chi connectivity index (χ4n) is 1.53. The predicted molar refractivity (Wildman–Crippen MR) is 89.2 cm³/mol. The highest BCUT2D eigenvalue weighted by Crippen LogP contribution is 2.13. The van der Waals surface area contributed by atoms with Crippen LogP contribution in [0.1, 0.15) is 18.9 Å². The summed E-state index contributed by atoms with van der Waals surface area (Å²) in [5.74, 6) is 0.414. The third-order valence-electron chi connectivity index (χ3n) is 2.55. The molecule has 5 nitrogen and oxygen atoms in total. The molecule has 0 saturated carbocycles. The Bertz CT molecular complexity index is 499. The molecule has 1 rings (SSSR count). The molecule has 0 unspecified atom stereocenters. The Morgan fingerprint density at radius 2 is 2.05 bits per heavy atom. The van der Waals surface area contributed by atoms with Crippen molar-refractivity contribution in [2.45, 2.75) is 13.3 Å². The lowest BCUT2D eigenvalue weighted by Crippen LogP contribution is -2.23. The first-order valence-electron chi connectivity index (χ1n) is 7.10. The predicted octanol–water partition coefficient (Wildman–Crippen LogP) is 2.42. The molecule has 0 spiro atoms. The van der Waals surface area contributed by atoms with Crippen LogP contribution in [0.4, 0.5) is 0 Å².